The van der Waals surface area contributed by atoms with Gasteiger partial charge in [0.05, 0.1) is 11.1 Å². The van der Waals surface area contributed by atoms with Crippen molar-refractivity contribution in [2.45, 2.75) is 0 Å². The second-order valence-corrected chi connectivity index (χ2v) is 7.81. The van der Waals surface area contributed by atoms with Gasteiger partial charge in [-0.15, -0.1) is 0 Å². The number of carbonyl (C=O) groups is 2. The van der Waals surface area contributed by atoms with E-state index in [9.17, 15) is 27.2 Å². The summed E-state index contributed by atoms with van der Waals surface area (Å²) < 4.78 is 65.0. The molecule has 0 fully saturated rings. The molecular formula is C28H14F4O4. The molecule has 0 unspecified atom stereocenters. The number of carbonyl (C=O) groups excluding carboxylic acids is 2. The maximum absolute atomic E-state index is 13.9. The Labute approximate surface area is 201 Å². The van der Waals surface area contributed by atoms with E-state index in [1.165, 1.54) is 24.3 Å². The summed E-state index contributed by atoms with van der Waals surface area (Å²) in [4.78, 5) is 24.6. The molecule has 178 valence electrons. The van der Waals surface area contributed by atoms with E-state index < -0.39 is 46.3 Å². The van der Waals surface area contributed by atoms with Gasteiger partial charge in [-0.1, -0.05) is 36.4 Å². The summed E-state index contributed by atoms with van der Waals surface area (Å²) in [6, 6.07) is 19.5. The normalized spacial score (nSPS) is 11.0. The third kappa shape index (κ3) is 4.24. The van der Waals surface area contributed by atoms with Gasteiger partial charge >= 0.3 is 11.9 Å². The van der Waals surface area contributed by atoms with E-state index in [0.29, 0.717) is 10.8 Å². The van der Waals surface area contributed by atoms with E-state index in [-0.39, 0.29) is 11.5 Å². The van der Waals surface area contributed by atoms with Gasteiger partial charge in [-0.3, -0.25) is 0 Å². The Morgan fingerprint density at radius 3 is 1.36 bits per heavy atom. The molecule has 4 nitrogen and oxygen atoms in total. The summed E-state index contributed by atoms with van der Waals surface area (Å²) in [5, 5.41) is 2.94. The molecule has 0 aliphatic heterocycles. The van der Waals surface area contributed by atoms with Crippen LogP contribution >= 0.6 is 0 Å². The monoisotopic (exact) mass is 490 g/mol. The summed E-state index contributed by atoms with van der Waals surface area (Å²) in [7, 11) is 0. The zero-order chi connectivity index (χ0) is 25.4. The highest BCUT2D eigenvalue weighted by molar-refractivity contribution is 6.08. The minimum atomic E-state index is -1.29. The molecule has 0 bridgehead atoms. The van der Waals surface area contributed by atoms with Gasteiger partial charge in [0.1, 0.15) is 11.5 Å². The minimum Gasteiger partial charge on any atom is -0.423 e. The maximum Gasteiger partial charge on any atom is 0.346 e. The summed E-state index contributed by atoms with van der Waals surface area (Å²) in [6.07, 6.45) is 0. The van der Waals surface area contributed by atoms with Crippen LogP contribution in [0.5, 0.6) is 11.5 Å². The Bertz CT molecular complexity index is 1560. The third-order valence-electron chi connectivity index (χ3n) is 5.54. The predicted octanol–water partition coefficient (Wildman–Crippen LogP) is 6.99. The van der Waals surface area contributed by atoms with Gasteiger partial charge in [0.15, 0.2) is 23.3 Å². The first-order valence-corrected chi connectivity index (χ1v) is 10.6. The number of hydrogen-bond acceptors (Lipinski definition) is 4. The van der Waals surface area contributed by atoms with Crippen LogP contribution in [-0.2, 0) is 0 Å². The Morgan fingerprint density at radius 1 is 0.528 bits per heavy atom. The molecule has 5 aromatic carbocycles. The lowest BCUT2D eigenvalue weighted by molar-refractivity contribution is 0.0719. The van der Waals surface area contributed by atoms with Crippen LogP contribution in [0.4, 0.5) is 17.6 Å². The van der Waals surface area contributed by atoms with Crippen LogP contribution in [-0.4, -0.2) is 11.9 Å². The van der Waals surface area contributed by atoms with Crippen LogP contribution in [0, 0.1) is 23.3 Å². The number of esters is 2. The van der Waals surface area contributed by atoms with Gasteiger partial charge in [-0.2, -0.15) is 0 Å². The Morgan fingerprint density at radius 2 is 0.944 bits per heavy atom. The topological polar surface area (TPSA) is 52.6 Å². The minimum absolute atomic E-state index is 0.137. The average Bonchev–Trinajstić information content (AvgIpc) is 2.86. The molecule has 0 aliphatic rings. The van der Waals surface area contributed by atoms with E-state index in [2.05, 4.69) is 0 Å². The fourth-order valence-electron chi connectivity index (χ4n) is 3.80. The van der Waals surface area contributed by atoms with Gasteiger partial charge in [-0.25, -0.2) is 27.2 Å². The zero-order valence-corrected chi connectivity index (χ0v) is 18.2. The number of benzene rings is 5. The van der Waals surface area contributed by atoms with Crippen LogP contribution in [0.1, 0.15) is 20.7 Å². The smallest absolute Gasteiger partial charge is 0.346 e. The van der Waals surface area contributed by atoms with Crippen LogP contribution in [0.2, 0.25) is 0 Å². The fraction of sp³-hybridized carbons (Fsp3) is 0. The molecule has 0 aromatic heterocycles. The zero-order valence-electron chi connectivity index (χ0n) is 18.2. The molecule has 0 radical (unpaired) electrons. The Hall–Kier alpha value is -4.72. The molecule has 0 aliphatic carbocycles. The molecule has 0 N–H and O–H groups in total. The van der Waals surface area contributed by atoms with E-state index >= 15 is 0 Å². The van der Waals surface area contributed by atoms with Crippen molar-refractivity contribution in [1.82, 2.24) is 0 Å². The van der Waals surface area contributed by atoms with Crippen molar-refractivity contribution in [1.29, 1.82) is 0 Å². The van der Waals surface area contributed by atoms with E-state index in [1.54, 1.807) is 36.4 Å². The molecule has 5 rings (SSSR count). The van der Waals surface area contributed by atoms with Gasteiger partial charge < -0.3 is 9.47 Å². The number of hydrogen-bond donors (Lipinski definition) is 0. The van der Waals surface area contributed by atoms with Crippen LogP contribution < -0.4 is 9.47 Å². The number of rotatable bonds is 4. The van der Waals surface area contributed by atoms with Crippen molar-refractivity contribution in [2.75, 3.05) is 0 Å². The molecule has 0 atom stereocenters. The quantitative estimate of drug-likeness (QED) is 0.118. The van der Waals surface area contributed by atoms with E-state index in [1.807, 2.05) is 0 Å². The average molecular weight is 490 g/mol. The summed E-state index contributed by atoms with van der Waals surface area (Å²) in [6.45, 7) is 0. The molecule has 5 aromatic rings. The first kappa shape index (κ1) is 23.0. The maximum atomic E-state index is 13.9. The Kier molecular flexibility index (Phi) is 5.85. The lowest BCUT2D eigenvalue weighted by atomic mass is 10.0. The van der Waals surface area contributed by atoms with Crippen molar-refractivity contribution < 1.29 is 36.6 Å². The predicted molar refractivity (Wildman–Crippen MR) is 124 cm³/mol. The van der Waals surface area contributed by atoms with Gasteiger partial charge in [-0.05, 0) is 70.1 Å². The molecule has 36 heavy (non-hydrogen) atoms. The third-order valence-corrected chi connectivity index (χ3v) is 5.54. The second-order valence-electron chi connectivity index (χ2n) is 7.81. The van der Waals surface area contributed by atoms with E-state index in [4.69, 9.17) is 9.47 Å². The molecular weight excluding hydrogens is 476 g/mol. The SMILES string of the molecule is O=C(Oc1ccc2c(ccc3cc(OC(=O)c4cccc(F)c4F)ccc32)c1)c1cccc(F)c1F. The van der Waals surface area contributed by atoms with Gasteiger partial charge in [0.25, 0.3) is 0 Å². The highest BCUT2D eigenvalue weighted by Gasteiger charge is 2.19. The molecule has 0 spiro atoms. The lowest BCUT2D eigenvalue weighted by Crippen LogP contribution is -2.11. The fourth-order valence-corrected chi connectivity index (χ4v) is 3.80. The van der Waals surface area contributed by atoms with Crippen molar-refractivity contribution in [2.24, 2.45) is 0 Å². The first-order chi connectivity index (χ1) is 17.3. The van der Waals surface area contributed by atoms with E-state index in [0.717, 1.165) is 35.0 Å². The highest BCUT2D eigenvalue weighted by Crippen LogP contribution is 2.31. The number of halogens is 4. The standard InChI is InChI=1S/C28H14F4O4/c29-23-5-1-3-21(25(23)31)27(33)35-17-9-11-19-15(13-17)7-8-16-14-18(10-12-20(16)19)36-28(34)22-4-2-6-24(30)26(22)32/h1-14H. The van der Waals surface area contributed by atoms with Gasteiger partial charge in [0, 0.05) is 0 Å². The molecule has 0 saturated carbocycles. The summed E-state index contributed by atoms with van der Waals surface area (Å²) >= 11 is 0. The van der Waals surface area contributed by atoms with Crippen molar-refractivity contribution in [3.05, 3.63) is 119 Å². The molecule has 0 saturated heterocycles. The first-order valence-electron chi connectivity index (χ1n) is 10.6. The van der Waals surface area contributed by atoms with Crippen LogP contribution in [0.25, 0.3) is 21.5 Å². The largest absolute Gasteiger partial charge is 0.423 e. The Balaban J connectivity index is 1.41. The second kappa shape index (κ2) is 9.14. The summed E-state index contributed by atoms with van der Waals surface area (Å²) in [5.41, 5.74) is -1.04. The molecule has 0 amide bonds. The molecule has 8 heteroatoms. The van der Waals surface area contributed by atoms with Crippen LogP contribution in [0.3, 0.4) is 0 Å². The number of fused-ring (bicyclic) bond motifs is 3. The van der Waals surface area contributed by atoms with Crippen molar-refractivity contribution in [3.8, 4) is 11.5 Å². The molecule has 0 heterocycles. The number of ether oxygens (including phenoxy) is 2. The summed E-state index contributed by atoms with van der Waals surface area (Å²) in [5.74, 6) is -6.67. The van der Waals surface area contributed by atoms with Crippen molar-refractivity contribution in [3.63, 3.8) is 0 Å². The van der Waals surface area contributed by atoms with Crippen molar-refractivity contribution >= 4 is 33.5 Å². The van der Waals surface area contributed by atoms with Gasteiger partial charge in [0.2, 0.25) is 0 Å². The van der Waals surface area contributed by atoms with Crippen LogP contribution in [0.15, 0.2) is 84.9 Å². The highest BCUT2D eigenvalue weighted by atomic mass is 19.2. The lowest BCUT2D eigenvalue weighted by Gasteiger charge is -2.10.